The molecule has 9 aliphatic rings. The normalized spacial score (nSPS) is 47.5. The predicted molar refractivity (Wildman–Crippen MR) is 367 cm³/mol. The lowest BCUT2D eigenvalue weighted by Gasteiger charge is -2.51. The van der Waals surface area contributed by atoms with E-state index in [1.807, 2.05) is 0 Å². The summed E-state index contributed by atoms with van der Waals surface area (Å²) in [5, 5.41) is 279. The number of aliphatic hydroxyl groups excluding tert-OH is 24. The van der Waals surface area contributed by atoms with Crippen molar-refractivity contribution in [3.8, 4) is 0 Å². The Hall–Kier alpha value is -4.29. The van der Waals surface area contributed by atoms with Crippen LogP contribution in [0, 0.1) is 5.92 Å². The second-order valence-corrected chi connectivity index (χ2v) is 30.1. The molecule has 9 heterocycles. The highest BCUT2D eigenvalue weighted by Crippen LogP contribution is 2.43. The highest BCUT2D eigenvalue weighted by molar-refractivity contribution is 5.74. The van der Waals surface area contributed by atoms with Gasteiger partial charge in [0.2, 0.25) is 23.6 Å². The van der Waals surface area contributed by atoms with Crippen molar-refractivity contribution >= 4 is 30.1 Å². The summed E-state index contributed by atoms with van der Waals surface area (Å²) < 4.78 is 107. The summed E-state index contributed by atoms with van der Waals surface area (Å²) in [6, 6.07) is -6.87. The minimum atomic E-state index is -2.87. The van der Waals surface area contributed by atoms with Gasteiger partial charge in [-0.05, 0) is 6.92 Å². The van der Waals surface area contributed by atoms with Crippen LogP contribution in [0.4, 0.5) is 0 Å². The van der Waals surface area contributed by atoms with E-state index in [1.165, 1.54) is 13.8 Å². The molecule has 0 aromatic rings. The smallest absolute Gasteiger partial charge is 0.332 e. The zero-order valence-electron chi connectivity index (χ0n) is 64.3. The molecule has 0 saturated carbocycles. The molecule has 46 atom stereocenters. The van der Waals surface area contributed by atoms with Gasteiger partial charge in [-0.25, -0.2) is 0 Å². The Bertz CT molecular complexity index is 3180. The van der Waals surface area contributed by atoms with Crippen molar-refractivity contribution in [3.05, 3.63) is 0 Å². The van der Waals surface area contributed by atoms with Crippen LogP contribution in [0.25, 0.3) is 0 Å². The topological polar surface area (TPSA) is 785 Å². The Morgan fingerprint density at radius 2 is 0.720 bits per heavy atom. The molecule has 4 amide bonds. The maximum atomic E-state index is 13.1. The number of rotatable bonds is 33. The number of hydrogen-bond donors (Lipinski definition) is 28. The summed E-state index contributed by atoms with van der Waals surface area (Å²) in [5.41, 5.74) is 0. The Morgan fingerprint density at radius 1 is 0.381 bits per heavy atom. The molecule has 0 spiro atoms. The third-order valence-electron chi connectivity index (χ3n) is 21.9. The first-order chi connectivity index (χ1) is 55.8. The SMILES string of the molecule is CC(=O)NC1C(O)[C@H](O[C@@H]2OC(CO)[C@H](O)[C@H](O[C@]3(OC=O)C[C@H](O)[C@@H](C)C([C@H](O)[C@@H](O)CO)O3)C2O)[C@@H](CO)O[C@@H]1OC1[C@H](OCC2O[C@@H](O[C@H]3C(CO)O[C@@H](O[C@H]4C(CO)O[C@@H](C)C(NC(C)=O)[C@H]4O)C(NC(C)=O)[C@H]3O)C(O)[C@@H](O[C@@H]3OC(CO)[C@H](O)C(O)C3O[C@@H]3OC(CO)[C@H](O)[C@H](O)C3NC(C)=O)[C@H]2O)OC(CO)[C@H](O)[C@@H]1O. The fourth-order valence-corrected chi connectivity index (χ4v) is 15.5. The number of carbonyl (C=O) groups excluding carboxylic acids is 5. The lowest BCUT2D eigenvalue weighted by molar-refractivity contribution is -0.448. The maximum Gasteiger partial charge on any atom is 0.332 e. The minimum absolute atomic E-state index is 0.244. The van der Waals surface area contributed by atoms with E-state index in [2.05, 4.69) is 21.3 Å². The summed E-state index contributed by atoms with van der Waals surface area (Å²) in [4.78, 5) is 63.0. The van der Waals surface area contributed by atoms with Gasteiger partial charge in [-0.3, -0.25) is 24.0 Å². The Morgan fingerprint density at radius 3 is 1.17 bits per heavy atom. The van der Waals surface area contributed by atoms with Crippen molar-refractivity contribution in [3.63, 3.8) is 0 Å². The van der Waals surface area contributed by atoms with E-state index in [4.69, 9.17) is 85.3 Å². The van der Waals surface area contributed by atoms with E-state index in [9.17, 15) is 147 Å². The zero-order valence-corrected chi connectivity index (χ0v) is 64.3. The van der Waals surface area contributed by atoms with Crippen LogP contribution in [0.3, 0.4) is 0 Å². The number of amides is 4. The number of ether oxygens (including phenoxy) is 18. The highest BCUT2D eigenvalue weighted by atomic mass is 16.9. The summed E-state index contributed by atoms with van der Waals surface area (Å²) >= 11 is 0. The van der Waals surface area contributed by atoms with E-state index in [0.29, 0.717) is 0 Å². The maximum absolute atomic E-state index is 13.1. The van der Waals surface area contributed by atoms with Crippen LogP contribution in [0.2, 0.25) is 0 Å². The molecule has 51 heteroatoms. The molecular weight excluding hydrogens is 1610 g/mol. The van der Waals surface area contributed by atoms with Crippen LogP contribution in [0.1, 0.15) is 48.0 Å². The first-order valence-corrected chi connectivity index (χ1v) is 37.9. The van der Waals surface area contributed by atoms with Crippen LogP contribution in [-0.2, 0) is 109 Å². The zero-order chi connectivity index (χ0) is 87.1. The number of hydrogen-bond acceptors (Lipinski definition) is 47. The largest absolute Gasteiger partial charge is 0.410 e. The van der Waals surface area contributed by atoms with Gasteiger partial charge >= 0.3 is 5.97 Å². The summed E-state index contributed by atoms with van der Waals surface area (Å²) in [5.74, 6) is -7.36. The molecule has 9 saturated heterocycles. The third kappa shape index (κ3) is 21.6. The molecule has 682 valence electrons. The molecule has 0 bridgehead atoms. The number of aliphatic hydroxyl groups is 24. The standard InChI is InChI=1S/C67H112N4O47/c1-18-24(85)7-67(102-17-80,117-52(18)38(87)25(86)8-72)118-57-42(91)29(12-76)105-64(51(57)100)113-55-32(15-79)109-62(37(47(55)96)71-23(6)84)115-58-48(97)40(89)27(10-74)106-65(58)101-16-33-43(92)56(114-66-59(49(98)41(90)28(11-75)107-66)116-60-35(69-21(4)82)44(93)39(88)26(9-73)104-60)50(99)63(110-33)112-54-31(14-78)108-61(36(46(54)95)70-22(5)83)111-53-30(13-77)103-19(2)34(45(53)94)68-20(3)81/h17-19,24-66,72-79,85-100H,7-16H2,1-6H3,(H,68,81)(H,69,82)(H,70,83)(H,71,84)/t18-,19+,24+,25+,26?,27?,28?,29?,30?,31?,32-,33?,34?,35?,36?,37?,38-,39+,40+,41+,42+,43+,44-,45-,46-,47?,48+,49?,50?,51?,52?,53+,54+,55-,56+,57+,58?,59?,60+,61+,62-,63+,64+,65-,66+,67+/m1/s1. The van der Waals surface area contributed by atoms with Crippen LogP contribution in [0.5, 0.6) is 0 Å². The fourth-order valence-electron chi connectivity index (χ4n) is 15.5. The Kier molecular flexibility index (Phi) is 35.2. The number of nitrogens with one attached hydrogen (secondary N) is 4. The number of carbonyl (C=O) groups is 5. The average molecular weight is 1730 g/mol. The van der Waals surface area contributed by atoms with Gasteiger partial charge < -0.3 is 229 Å². The average Bonchev–Trinajstić information content (AvgIpc) is 0.771. The van der Waals surface area contributed by atoms with Crippen molar-refractivity contribution in [2.75, 3.05) is 59.5 Å². The molecule has 0 aromatic carbocycles. The molecule has 9 fully saturated rings. The lowest BCUT2D eigenvalue weighted by Crippen LogP contribution is -2.70. The van der Waals surface area contributed by atoms with Gasteiger partial charge in [-0.15, -0.1) is 0 Å². The van der Waals surface area contributed by atoms with Crippen LogP contribution >= 0.6 is 0 Å². The first kappa shape index (κ1) is 97.5. The lowest BCUT2D eigenvalue weighted by atomic mass is 9.87. The van der Waals surface area contributed by atoms with E-state index in [-0.39, 0.29) is 6.47 Å². The van der Waals surface area contributed by atoms with Gasteiger partial charge in [0.1, 0.15) is 201 Å². The van der Waals surface area contributed by atoms with Crippen molar-refractivity contribution in [1.82, 2.24) is 21.3 Å². The quantitative estimate of drug-likeness (QED) is 0.0214. The van der Waals surface area contributed by atoms with E-state index < -0.39 is 371 Å². The summed E-state index contributed by atoms with van der Waals surface area (Å²) in [6.45, 7) is -3.32. The first-order valence-electron chi connectivity index (χ1n) is 37.9. The molecule has 28 N–H and O–H groups in total. The van der Waals surface area contributed by atoms with Gasteiger partial charge in [-0.2, -0.15) is 0 Å². The van der Waals surface area contributed by atoms with Crippen LogP contribution in [0.15, 0.2) is 0 Å². The fraction of sp³-hybridized carbons (Fsp3) is 0.925. The molecule has 51 nitrogen and oxygen atoms in total. The second-order valence-electron chi connectivity index (χ2n) is 30.1. The van der Waals surface area contributed by atoms with Gasteiger partial charge in [0.05, 0.1) is 90.2 Å². The van der Waals surface area contributed by atoms with E-state index in [0.717, 1.165) is 27.7 Å². The third-order valence-corrected chi connectivity index (χ3v) is 21.9. The molecule has 0 radical (unpaired) electrons. The van der Waals surface area contributed by atoms with Gasteiger partial charge in [0, 0.05) is 33.6 Å². The summed E-state index contributed by atoms with van der Waals surface area (Å²) in [6.07, 6.45) is -82.7. The van der Waals surface area contributed by atoms with E-state index >= 15 is 0 Å². The molecule has 0 aromatic heterocycles. The summed E-state index contributed by atoms with van der Waals surface area (Å²) in [7, 11) is 0. The Labute approximate surface area is 670 Å². The van der Waals surface area contributed by atoms with E-state index in [1.54, 1.807) is 0 Å². The molecule has 9 rings (SSSR count). The molecule has 18 unspecified atom stereocenters. The van der Waals surface area contributed by atoms with Gasteiger partial charge in [0.25, 0.3) is 6.47 Å². The van der Waals surface area contributed by atoms with Gasteiger partial charge in [0.15, 0.2) is 44.0 Å². The highest BCUT2D eigenvalue weighted by Gasteiger charge is 2.62. The minimum Gasteiger partial charge on any atom is -0.410 e. The van der Waals surface area contributed by atoms with Gasteiger partial charge in [-0.1, -0.05) is 6.92 Å². The second kappa shape index (κ2) is 42.6. The molecule has 0 aliphatic carbocycles. The van der Waals surface area contributed by atoms with Crippen LogP contribution < -0.4 is 21.3 Å². The van der Waals surface area contributed by atoms with Crippen molar-refractivity contribution < 1.29 is 232 Å². The molecule has 9 aliphatic heterocycles. The molecular formula is C67H112N4O47. The van der Waals surface area contributed by atoms with Crippen molar-refractivity contribution in [2.45, 2.75) is 324 Å². The Balaban J connectivity index is 1.03. The monoisotopic (exact) mass is 1720 g/mol. The van der Waals surface area contributed by atoms with Crippen molar-refractivity contribution in [2.24, 2.45) is 5.92 Å². The molecule has 118 heavy (non-hydrogen) atoms. The van der Waals surface area contributed by atoms with Crippen LogP contribution in [-0.4, -0.2) is 488 Å². The van der Waals surface area contributed by atoms with Crippen molar-refractivity contribution in [1.29, 1.82) is 0 Å². The predicted octanol–water partition coefficient (Wildman–Crippen LogP) is -18.5.